The van der Waals surface area contributed by atoms with Crippen LogP contribution in [0.2, 0.25) is 0 Å². The molecule has 2 amide bonds. The zero-order valence-corrected chi connectivity index (χ0v) is 23.0. The number of carbonyl (C=O) groups excluding carboxylic acids is 2. The molecule has 2 aliphatic heterocycles. The predicted octanol–water partition coefficient (Wildman–Crippen LogP) is 5.25. The van der Waals surface area contributed by atoms with Crippen molar-refractivity contribution in [2.45, 2.75) is 31.2 Å². The molecule has 3 N–H and O–H groups in total. The molecule has 0 saturated carbocycles. The van der Waals surface area contributed by atoms with Crippen molar-refractivity contribution in [3.05, 3.63) is 120 Å². The Balaban J connectivity index is 1.55. The van der Waals surface area contributed by atoms with E-state index in [0.717, 1.165) is 29.5 Å². The first kappa shape index (κ1) is 26.3. The third-order valence-corrected chi connectivity index (χ3v) is 9.47. The van der Waals surface area contributed by atoms with Crippen LogP contribution in [0, 0.1) is 17.8 Å². The molecule has 2 saturated heterocycles. The van der Waals surface area contributed by atoms with Crippen LogP contribution in [0.25, 0.3) is 10.8 Å². The summed E-state index contributed by atoms with van der Waals surface area (Å²) in [6.07, 6.45) is 0.777. The van der Waals surface area contributed by atoms with Gasteiger partial charge in [0.2, 0.25) is 11.8 Å². The molecule has 2 heterocycles. The number of hydrogen-bond donors (Lipinski definition) is 2. The third kappa shape index (κ3) is 4.58. The minimum Gasteiger partial charge on any atom is -0.369 e. The normalized spacial score (nSPS) is 25.9. The second-order valence-corrected chi connectivity index (χ2v) is 11.6. The first-order valence-electron chi connectivity index (χ1n) is 14.4. The molecule has 5 heteroatoms. The van der Waals surface area contributed by atoms with Crippen LogP contribution in [-0.2, 0) is 21.5 Å². The van der Waals surface area contributed by atoms with Crippen molar-refractivity contribution in [2.24, 2.45) is 23.5 Å². The number of nitrogens with one attached hydrogen (secondary N) is 1. The van der Waals surface area contributed by atoms with Gasteiger partial charge in [-0.1, -0.05) is 110 Å². The molecule has 5 nitrogen and oxygen atoms in total. The van der Waals surface area contributed by atoms with Gasteiger partial charge in [0.05, 0.1) is 5.41 Å². The monoisotopic (exact) mass is 531 g/mol. The zero-order valence-electron chi connectivity index (χ0n) is 23.0. The van der Waals surface area contributed by atoms with E-state index in [1.54, 1.807) is 0 Å². The van der Waals surface area contributed by atoms with Gasteiger partial charge in [-0.25, -0.2) is 0 Å². The van der Waals surface area contributed by atoms with Gasteiger partial charge in [0, 0.05) is 38.0 Å². The molecule has 2 aliphatic rings. The topological polar surface area (TPSA) is 75.4 Å². The van der Waals surface area contributed by atoms with Crippen LogP contribution >= 0.6 is 0 Å². The molecule has 4 aromatic carbocycles. The number of amides is 2. The SMILES string of the molecule is CC(C1CCNC1=O)C1CN(Cc2ccccc2)CC(c2ccc3ccccc3c2)C1(C(N)=O)c1ccccc1. The second-order valence-electron chi connectivity index (χ2n) is 11.6. The molecule has 0 spiro atoms. The van der Waals surface area contributed by atoms with Crippen LogP contribution in [0.4, 0.5) is 0 Å². The van der Waals surface area contributed by atoms with E-state index in [4.69, 9.17) is 5.73 Å². The summed E-state index contributed by atoms with van der Waals surface area (Å²) in [5.74, 6) is -0.771. The lowest BCUT2D eigenvalue weighted by molar-refractivity contribution is -0.134. The maximum absolute atomic E-state index is 14.1. The lowest BCUT2D eigenvalue weighted by Crippen LogP contribution is -2.63. The lowest BCUT2D eigenvalue weighted by atomic mass is 9.53. The van der Waals surface area contributed by atoms with Crippen LogP contribution in [0.15, 0.2) is 103 Å². The quantitative estimate of drug-likeness (QED) is 0.342. The fraction of sp³-hybridized carbons (Fsp3) is 0.314. The van der Waals surface area contributed by atoms with E-state index in [-0.39, 0.29) is 35.5 Å². The van der Waals surface area contributed by atoms with E-state index in [0.29, 0.717) is 19.6 Å². The Morgan fingerprint density at radius 2 is 1.60 bits per heavy atom. The summed E-state index contributed by atoms with van der Waals surface area (Å²) in [7, 11) is 0. The van der Waals surface area contributed by atoms with Gasteiger partial charge >= 0.3 is 0 Å². The molecule has 0 bridgehead atoms. The maximum Gasteiger partial charge on any atom is 0.229 e. The smallest absolute Gasteiger partial charge is 0.229 e. The molecule has 0 aromatic heterocycles. The standard InChI is InChI=1S/C35H37N3O2/c1-24(30-18-19-37-33(30)39)31-22-38(21-25-10-4-2-5-11-25)23-32(28-17-16-26-12-8-9-13-27(26)20-28)35(31,34(36)40)29-14-6-3-7-15-29/h2-17,20,24,30-32H,18-19,21-23H2,1H3,(H2,36,40)(H,37,39). The summed E-state index contributed by atoms with van der Waals surface area (Å²) < 4.78 is 0. The summed E-state index contributed by atoms with van der Waals surface area (Å²) in [4.78, 5) is 29.6. The Bertz CT molecular complexity index is 1510. The molecule has 40 heavy (non-hydrogen) atoms. The lowest BCUT2D eigenvalue weighted by Gasteiger charge is -2.54. The maximum atomic E-state index is 14.1. The average Bonchev–Trinajstić information content (AvgIpc) is 3.42. The van der Waals surface area contributed by atoms with Gasteiger partial charge < -0.3 is 11.1 Å². The van der Waals surface area contributed by atoms with Gasteiger partial charge in [-0.2, -0.15) is 0 Å². The molecule has 0 radical (unpaired) electrons. The highest BCUT2D eigenvalue weighted by Gasteiger charge is 2.58. The fourth-order valence-electron chi connectivity index (χ4n) is 7.52. The number of carbonyl (C=O) groups is 2. The van der Waals surface area contributed by atoms with E-state index in [1.165, 1.54) is 10.9 Å². The average molecular weight is 532 g/mol. The summed E-state index contributed by atoms with van der Waals surface area (Å²) in [6.45, 7) is 4.98. The highest BCUT2D eigenvalue weighted by atomic mass is 16.2. The summed E-state index contributed by atoms with van der Waals surface area (Å²) in [5, 5.41) is 5.34. The molecule has 204 valence electrons. The molecule has 5 atom stereocenters. The Labute approximate surface area is 236 Å². The first-order valence-corrected chi connectivity index (χ1v) is 14.4. The van der Waals surface area contributed by atoms with E-state index >= 15 is 0 Å². The van der Waals surface area contributed by atoms with Crippen molar-refractivity contribution in [1.82, 2.24) is 10.2 Å². The van der Waals surface area contributed by atoms with Gasteiger partial charge in [0.25, 0.3) is 0 Å². The van der Waals surface area contributed by atoms with Crippen LogP contribution in [0.3, 0.4) is 0 Å². The van der Waals surface area contributed by atoms with Crippen LogP contribution < -0.4 is 11.1 Å². The van der Waals surface area contributed by atoms with Crippen LogP contribution in [-0.4, -0.2) is 36.3 Å². The van der Waals surface area contributed by atoms with Gasteiger partial charge in [-0.05, 0) is 45.7 Å². The number of nitrogens with two attached hydrogens (primary N) is 1. The van der Waals surface area contributed by atoms with Gasteiger partial charge in [-0.3, -0.25) is 14.5 Å². The van der Waals surface area contributed by atoms with Crippen LogP contribution in [0.5, 0.6) is 0 Å². The van der Waals surface area contributed by atoms with E-state index < -0.39 is 5.41 Å². The second kappa shape index (κ2) is 10.9. The van der Waals surface area contributed by atoms with Gasteiger partial charge in [-0.15, -0.1) is 0 Å². The van der Waals surface area contributed by atoms with E-state index in [2.05, 4.69) is 89.9 Å². The van der Waals surface area contributed by atoms with Crippen LogP contribution in [0.1, 0.15) is 36.0 Å². The number of piperidine rings is 1. The number of benzene rings is 4. The fourth-order valence-corrected chi connectivity index (χ4v) is 7.52. The Morgan fingerprint density at radius 1 is 0.925 bits per heavy atom. The number of rotatable bonds is 7. The molecule has 6 rings (SSSR count). The minimum atomic E-state index is -0.973. The Kier molecular flexibility index (Phi) is 7.16. The number of likely N-dealkylation sites (tertiary alicyclic amines) is 1. The van der Waals surface area contributed by atoms with E-state index in [9.17, 15) is 9.59 Å². The van der Waals surface area contributed by atoms with Gasteiger partial charge in [0.15, 0.2) is 0 Å². The van der Waals surface area contributed by atoms with E-state index in [1.807, 2.05) is 30.3 Å². The van der Waals surface area contributed by atoms with Crippen molar-refractivity contribution in [3.8, 4) is 0 Å². The van der Waals surface area contributed by atoms with Gasteiger partial charge in [0.1, 0.15) is 0 Å². The summed E-state index contributed by atoms with van der Waals surface area (Å²) in [5.41, 5.74) is 8.88. The summed E-state index contributed by atoms with van der Waals surface area (Å²) in [6, 6.07) is 35.5. The number of hydrogen-bond acceptors (Lipinski definition) is 3. The highest BCUT2D eigenvalue weighted by Crippen LogP contribution is 2.53. The Hall–Kier alpha value is -3.96. The highest BCUT2D eigenvalue weighted by molar-refractivity contribution is 5.90. The molecule has 4 aromatic rings. The molecule has 0 aliphatic carbocycles. The number of primary amides is 1. The Morgan fingerprint density at radius 3 is 2.27 bits per heavy atom. The zero-order chi connectivity index (χ0) is 27.7. The van der Waals surface area contributed by atoms with Crippen molar-refractivity contribution >= 4 is 22.6 Å². The molecular formula is C35H37N3O2. The van der Waals surface area contributed by atoms with Crippen molar-refractivity contribution in [2.75, 3.05) is 19.6 Å². The number of nitrogens with zero attached hydrogens (tertiary/aromatic N) is 1. The van der Waals surface area contributed by atoms with Crippen molar-refractivity contribution in [3.63, 3.8) is 0 Å². The van der Waals surface area contributed by atoms with Crippen molar-refractivity contribution < 1.29 is 9.59 Å². The predicted molar refractivity (Wildman–Crippen MR) is 159 cm³/mol. The molecular weight excluding hydrogens is 494 g/mol. The number of fused-ring (bicyclic) bond motifs is 1. The largest absolute Gasteiger partial charge is 0.369 e. The molecule has 2 fully saturated rings. The first-order chi connectivity index (χ1) is 19.5. The molecule has 5 unspecified atom stereocenters. The van der Waals surface area contributed by atoms with Crippen molar-refractivity contribution in [1.29, 1.82) is 0 Å². The summed E-state index contributed by atoms with van der Waals surface area (Å²) >= 11 is 0. The minimum absolute atomic E-state index is 0.0447. The third-order valence-electron chi connectivity index (χ3n) is 9.47.